The van der Waals surface area contributed by atoms with Gasteiger partial charge in [0, 0.05) is 12.6 Å². The lowest BCUT2D eigenvalue weighted by molar-refractivity contribution is -0.384. The topological polar surface area (TPSA) is 46.4 Å². The predicted octanol–water partition coefficient (Wildman–Crippen LogP) is 4.65. The van der Waals surface area contributed by atoms with Gasteiger partial charge in [-0.2, -0.15) is 0 Å². The molecule has 1 aromatic carbocycles. The Morgan fingerprint density at radius 3 is 2.30 bits per heavy atom. The minimum Gasteiger partial charge on any atom is -0.299 e. The Morgan fingerprint density at radius 2 is 1.80 bits per heavy atom. The maximum atomic E-state index is 10.9. The second-order valence-corrected chi connectivity index (χ2v) is 5.43. The molecule has 0 aliphatic heterocycles. The zero-order chi connectivity index (χ0) is 15.0. The summed E-state index contributed by atoms with van der Waals surface area (Å²) in [5.74, 6) is 0. The molecule has 1 rings (SSSR count). The van der Waals surface area contributed by atoms with Gasteiger partial charge in [-0.25, -0.2) is 0 Å². The van der Waals surface area contributed by atoms with E-state index in [-0.39, 0.29) is 10.7 Å². The van der Waals surface area contributed by atoms with E-state index in [1.807, 2.05) is 6.07 Å². The van der Waals surface area contributed by atoms with E-state index in [9.17, 15) is 10.1 Å². The minimum atomic E-state index is -0.422. The molecule has 0 aliphatic rings. The van der Waals surface area contributed by atoms with Crippen LogP contribution in [0.5, 0.6) is 0 Å². The fourth-order valence-corrected chi connectivity index (χ4v) is 2.27. The van der Waals surface area contributed by atoms with Crippen LogP contribution >= 0.6 is 11.6 Å². The molecule has 0 fully saturated rings. The molecule has 0 aliphatic carbocycles. The highest BCUT2D eigenvalue weighted by Gasteiger charge is 2.14. The summed E-state index contributed by atoms with van der Waals surface area (Å²) in [6, 6.07) is 5.08. The molecule has 0 bridgehead atoms. The molecule has 20 heavy (non-hydrogen) atoms. The van der Waals surface area contributed by atoms with Gasteiger partial charge in [0.05, 0.1) is 4.92 Å². The highest BCUT2D eigenvalue weighted by atomic mass is 35.5. The van der Waals surface area contributed by atoms with Crippen LogP contribution < -0.4 is 0 Å². The molecule has 0 N–H and O–H groups in total. The molecule has 0 saturated carbocycles. The lowest BCUT2D eigenvalue weighted by atomic mass is 10.1. The van der Waals surface area contributed by atoms with Gasteiger partial charge in [-0.3, -0.25) is 15.0 Å². The number of nitro groups is 1. The number of halogens is 1. The van der Waals surface area contributed by atoms with E-state index in [1.54, 1.807) is 12.1 Å². The Balaban J connectivity index is 2.76. The van der Waals surface area contributed by atoms with E-state index >= 15 is 0 Å². The minimum absolute atomic E-state index is 0.00454. The summed E-state index contributed by atoms with van der Waals surface area (Å²) in [5, 5.41) is 11.1. The molecule has 0 aromatic heterocycles. The normalized spacial score (nSPS) is 11.0. The quantitative estimate of drug-likeness (QED) is 0.492. The van der Waals surface area contributed by atoms with Crippen LogP contribution in [-0.4, -0.2) is 22.9 Å². The number of hydrogen-bond donors (Lipinski definition) is 0. The van der Waals surface area contributed by atoms with Crippen molar-refractivity contribution in [3.8, 4) is 0 Å². The fourth-order valence-electron chi connectivity index (χ4n) is 2.09. The van der Waals surface area contributed by atoms with Crippen LogP contribution in [0.25, 0.3) is 0 Å². The second kappa shape index (κ2) is 8.93. The summed E-state index contributed by atoms with van der Waals surface area (Å²) in [4.78, 5) is 12.9. The van der Waals surface area contributed by atoms with Gasteiger partial charge < -0.3 is 0 Å². The lowest BCUT2D eigenvalue weighted by Crippen LogP contribution is -2.25. The van der Waals surface area contributed by atoms with E-state index < -0.39 is 4.92 Å². The molecule has 0 amide bonds. The standard InChI is InChI=1S/C15H23ClN2O2/c1-3-5-9-17(10-6-4-2)12-13-7-8-14(16)15(11-13)18(19)20/h7-8,11H,3-6,9-10,12H2,1-2H3. The van der Waals surface area contributed by atoms with Crippen molar-refractivity contribution in [3.05, 3.63) is 38.9 Å². The second-order valence-electron chi connectivity index (χ2n) is 5.03. The number of nitro benzene ring substituents is 1. The lowest BCUT2D eigenvalue weighted by Gasteiger charge is -2.22. The van der Waals surface area contributed by atoms with Crippen molar-refractivity contribution in [3.63, 3.8) is 0 Å². The van der Waals surface area contributed by atoms with Crippen molar-refractivity contribution in [2.24, 2.45) is 0 Å². The van der Waals surface area contributed by atoms with Gasteiger partial charge in [0.2, 0.25) is 0 Å². The van der Waals surface area contributed by atoms with E-state index in [2.05, 4.69) is 18.7 Å². The molecule has 0 spiro atoms. The predicted molar refractivity (Wildman–Crippen MR) is 83.2 cm³/mol. The first-order valence-electron chi connectivity index (χ1n) is 7.23. The van der Waals surface area contributed by atoms with Gasteiger partial charge in [-0.05, 0) is 37.6 Å². The monoisotopic (exact) mass is 298 g/mol. The van der Waals surface area contributed by atoms with Crippen LogP contribution in [0, 0.1) is 10.1 Å². The largest absolute Gasteiger partial charge is 0.299 e. The third kappa shape index (κ3) is 5.47. The average molecular weight is 299 g/mol. The van der Waals surface area contributed by atoms with Crippen LogP contribution in [0.4, 0.5) is 5.69 Å². The molecule has 1 aromatic rings. The molecule has 0 radical (unpaired) electrons. The van der Waals surface area contributed by atoms with Crippen molar-refractivity contribution >= 4 is 17.3 Å². The molecule has 112 valence electrons. The van der Waals surface area contributed by atoms with Crippen molar-refractivity contribution in [2.45, 2.75) is 46.1 Å². The Labute approximate surface area is 125 Å². The summed E-state index contributed by atoms with van der Waals surface area (Å²) in [6.45, 7) is 7.16. The van der Waals surface area contributed by atoms with Crippen LogP contribution in [0.2, 0.25) is 5.02 Å². The first-order chi connectivity index (χ1) is 9.58. The van der Waals surface area contributed by atoms with Gasteiger partial charge in [-0.15, -0.1) is 0 Å². The van der Waals surface area contributed by atoms with E-state index in [0.717, 1.165) is 50.9 Å². The first-order valence-corrected chi connectivity index (χ1v) is 7.61. The zero-order valence-electron chi connectivity index (χ0n) is 12.3. The number of unbranched alkanes of at least 4 members (excludes halogenated alkanes) is 2. The van der Waals surface area contributed by atoms with Gasteiger partial charge in [0.15, 0.2) is 0 Å². The van der Waals surface area contributed by atoms with Crippen LogP contribution in [0.15, 0.2) is 18.2 Å². The van der Waals surface area contributed by atoms with E-state index in [1.165, 1.54) is 0 Å². The molecular weight excluding hydrogens is 276 g/mol. The van der Waals surface area contributed by atoms with Gasteiger partial charge in [0.25, 0.3) is 5.69 Å². The summed E-state index contributed by atoms with van der Waals surface area (Å²) in [6.07, 6.45) is 4.62. The third-order valence-electron chi connectivity index (χ3n) is 3.27. The van der Waals surface area contributed by atoms with Crippen molar-refractivity contribution < 1.29 is 4.92 Å². The maximum Gasteiger partial charge on any atom is 0.288 e. The van der Waals surface area contributed by atoms with Gasteiger partial charge >= 0.3 is 0 Å². The molecule has 0 heterocycles. The molecule has 4 nitrogen and oxygen atoms in total. The van der Waals surface area contributed by atoms with Crippen molar-refractivity contribution in [1.29, 1.82) is 0 Å². The highest BCUT2D eigenvalue weighted by Crippen LogP contribution is 2.25. The van der Waals surface area contributed by atoms with Gasteiger partial charge in [-0.1, -0.05) is 44.4 Å². The Hall–Kier alpha value is -1.13. The summed E-state index contributed by atoms with van der Waals surface area (Å²) in [5.41, 5.74) is 0.948. The Morgan fingerprint density at radius 1 is 1.20 bits per heavy atom. The van der Waals surface area contributed by atoms with E-state index in [4.69, 9.17) is 11.6 Å². The third-order valence-corrected chi connectivity index (χ3v) is 3.59. The molecule has 0 unspecified atom stereocenters. The Kier molecular flexibility index (Phi) is 7.55. The van der Waals surface area contributed by atoms with E-state index in [0.29, 0.717) is 0 Å². The summed E-state index contributed by atoms with van der Waals surface area (Å²) < 4.78 is 0. The van der Waals surface area contributed by atoms with Gasteiger partial charge in [0.1, 0.15) is 5.02 Å². The summed E-state index contributed by atoms with van der Waals surface area (Å²) >= 11 is 5.84. The van der Waals surface area contributed by atoms with Crippen LogP contribution in [-0.2, 0) is 6.54 Å². The number of rotatable bonds is 9. The molecular formula is C15H23ClN2O2. The SMILES string of the molecule is CCCCN(CCCC)Cc1ccc(Cl)c([N+](=O)[O-])c1. The number of nitrogens with zero attached hydrogens (tertiary/aromatic N) is 2. The molecule has 0 atom stereocenters. The number of hydrogen-bond acceptors (Lipinski definition) is 3. The average Bonchev–Trinajstić information content (AvgIpc) is 2.43. The van der Waals surface area contributed by atoms with Crippen LogP contribution in [0.3, 0.4) is 0 Å². The highest BCUT2D eigenvalue weighted by molar-refractivity contribution is 6.32. The van der Waals surface area contributed by atoms with Crippen molar-refractivity contribution in [1.82, 2.24) is 4.90 Å². The maximum absolute atomic E-state index is 10.9. The van der Waals surface area contributed by atoms with Crippen molar-refractivity contribution in [2.75, 3.05) is 13.1 Å². The summed E-state index contributed by atoms with van der Waals surface area (Å²) in [7, 11) is 0. The fraction of sp³-hybridized carbons (Fsp3) is 0.600. The molecule has 0 saturated heterocycles. The smallest absolute Gasteiger partial charge is 0.288 e. The molecule has 5 heteroatoms. The number of benzene rings is 1. The first kappa shape index (κ1) is 16.9. The Bertz CT molecular complexity index is 430. The zero-order valence-corrected chi connectivity index (χ0v) is 13.0. The van der Waals surface area contributed by atoms with Crippen LogP contribution in [0.1, 0.15) is 45.1 Å².